The molecule has 1 aromatic heterocycles. The second-order valence-corrected chi connectivity index (χ2v) is 9.93. The molecule has 0 aliphatic carbocycles. The van der Waals surface area contributed by atoms with E-state index in [-0.39, 0.29) is 11.7 Å². The third-order valence-electron chi connectivity index (χ3n) is 5.78. The molecule has 0 spiro atoms. The molecule has 6 nitrogen and oxygen atoms in total. The highest BCUT2D eigenvalue weighted by atomic mass is 35.5. The lowest BCUT2D eigenvalue weighted by Gasteiger charge is -2.10. The Morgan fingerprint density at radius 3 is 2.24 bits per heavy atom. The molecule has 0 saturated heterocycles. The molecule has 8 heteroatoms. The zero-order valence-electron chi connectivity index (χ0n) is 20.6. The Kier molecular flexibility index (Phi) is 7.97. The maximum absolute atomic E-state index is 12.5. The standard InChI is InChI=1S/C30H24ClN5OS/c1-21-7-17-27(18-8-21)36-29(25-13-15-26(31)16-14-25)34-35-30(36)38-20-28(37)33-32-19-22-9-11-24(12-10-22)23-5-3-2-4-6-23/h2-19H,20H2,1H3,(H,33,37)/b32-19+. The number of aryl methyl sites for hydroxylation is 1. The van der Waals surface area contributed by atoms with Gasteiger partial charge in [0.1, 0.15) is 0 Å². The van der Waals surface area contributed by atoms with Crippen molar-refractivity contribution in [2.45, 2.75) is 12.1 Å². The number of hydrogen-bond acceptors (Lipinski definition) is 5. The van der Waals surface area contributed by atoms with Gasteiger partial charge in [-0.3, -0.25) is 9.36 Å². The van der Waals surface area contributed by atoms with Crippen LogP contribution in [0.15, 0.2) is 113 Å². The average Bonchev–Trinajstić information content (AvgIpc) is 3.37. The summed E-state index contributed by atoms with van der Waals surface area (Å²) < 4.78 is 1.94. The number of aromatic nitrogens is 3. The van der Waals surface area contributed by atoms with Gasteiger partial charge in [0.05, 0.1) is 12.0 Å². The number of carbonyl (C=O) groups is 1. The highest BCUT2D eigenvalue weighted by molar-refractivity contribution is 7.99. The average molecular weight is 538 g/mol. The van der Waals surface area contributed by atoms with Gasteiger partial charge in [-0.15, -0.1) is 10.2 Å². The Labute approximate surface area is 230 Å². The molecule has 1 amide bonds. The predicted molar refractivity (Wildman–Crippen MR) is 155 cm³/mol. The summed E-state index contributed by atoms with van der Waals surface area (Å²) >= 11 is 7.37. The van der Waals surface area contributed by atoms with Gasteiger partial charge < -0.3 is 0 Å². The lowest BCUT2D eigenvalue weighted by atomic mass is 10.0. The Bertz CT molecular complexity index is 1550. The van der Waals surface area contributed by atoms with Crippen molar-refractivity contribution in [2.24, 2.45) is 5.10 Å². The highest BCUT2D eigenvalue weighted by Gasteiger charge is 2.17. The van der Waals surface area contributed by atoms with Crippen molar-refractivity contribution in [3.8, 4) is 28.2 Å². The number of hydrogen-bond donors (Lipinski definition) is 1. The number of hydrazone groups is 1. The molecule has 0 unspecified atom stereocenters. The van der Waals surface area contributed by atoms with Crippen molar-refractivity contribution in [1.82, 2.24) is 20.2 Å². The number of amides is 1. The minimum absolute atomic E-state index is 0.134. The highest BCUT2D eigenvalue weighted by Crippen LogP contribution is 2.29. The zero-order chi connectivity index (χ0) is 26.3. The van der Waals surface area contributed by atoms with Crippen LogP contribution in [0.4, 0.5) is 0 Å². The van der Waals surface area contributed by atoms with Gasteiger partial charge in [0.25, 0.3) is 5.91 Å². The number of halogens is 1. The van der Waals surface area contributed by atoms with Crippen LogP contribution in [0.2, 0.25) is 5.02 Å². The van der Waals surface area contributed by atoms with Crippen LogP contribution in [0, 0.1) is 6.92 Å². The van der Waals surface area contributed by atoms with E-state index in [0.717, 1.165) is 33.5 Å². The predicted octanol–water partition coefficient (Wildman–Crippen LogP) is 6.81. The molecule has 0 aliphatic heterocycles. The summed E-state index contributed by atoms with van der Waals surface area (Å²) in [7, 11) is 0. The Balaban J connectivity index is 1.25. The zero-order valence-corrected chi connectivity index (χ0v) is 22.2. The summed E-state index contributed by atoms with van der Waals surface area (Å²) in [6, 6.07) is 33.7. The third kappa shape index (κ3) is 6.19. The van der Waals surface area contributed by atoms with Crippen molar-refractivity contribution in [2.75, 3.05) is 5.75 Å². The SMILES string of the molecule is Cc1ccc(-n2c(SCC(=O)N/N=C/c3ccc(-c4ccccc4)cc3)nnc2-c2ccc(Cl)cc2)cc1. The smallest absolute Gasteiger partial charge is 0.250 e. The van der Waals surface area contributed by atoms with E-state index in [1.807, 2.05) is 102 Å². The van der Waals surface area contributed by atoms with Crippen LogP contribution in [0.3, 0.4) is 0 Å². The van der Waals surface area contributed by atoms with E-state index in [2.05, 4.69) is 32.9 Å². The summed E-state index contributed by atoms with van der Waals surface area (Å²) in [5, 5.41) is 14.2. The molecule has 4 aromatic carbocycles. The number of rotatable bonds is 8. The van der Waals surface area contributed by atoms with Gasteiger partial charge in [-0.2, -0.15) is 5.10 Å². The van der Waals surface area contributed by atoms with Crippen molar-refractivity contribution in [1.29, 1.82) is 0 Å². The minimum atomic E-state index is -0.237. The first-order valence-electron chi connectivity index (χ1n) is 12.0. The molecule has 0 bridgehead atoms. The molecular formula is C30H24ClN5OS. The maximum Gasteiger partial charge on any atom is 0.250 e. The topological polar surface area (TPSA) is 72.2 Å². The number of thioether (sulfide) groups is 1. The van der Waals surface area contributed by atoms with E-state index in [9.17, 15) is 4.79 Å². The Hall–Kier alpha value is -4.20. The van der Waals surface area contributed by atoms with Crippen LogP contribution < -0.4 is 5.43 Å². The first-order chi connectivity index (χ1) is 18.6. The van der Waals surface area contributed by atoms with Crippen LogP contribution in [-0.4, -0.2) is 32.6 Å². The molecule has 0 atom stereocenters. The number of carbonyl (C=O) groups excluding carboxylic acids is 1. The van der Waals surface area contributed by atoms with E-state index >= 15 is 0 Å². The molecule has 0 aliphatic rings. The van der Waals surface area contributed by atoms with E-state index in [4.69, 9.17) is 11.6 Å². The first kappa shape index (κ1) is 25.4. The van der Waals surface area contributed by atoms with Gasteiger partial charge in [-0.1, -0.05) is 95.7 Å². The lowest BCUT2D eigenvalue weighted by Crippen LogP contribution is -2.20. The van der Waals surface area contributed by atoms with Crippen LogP contribution in [-0.2, 0) is 4.79 Å². The lowest BCUT2D eigenvalue weighted by molar-refractivity contribution is -0.118. The van der Waals surface area contributed by atoms with Crippen molar-refractivity contribution < 1.29 is 4.79 Å². The number of nitrogens with one attached hydrogen (secondary N) is 1. The fourth-order valence-corrected chi connectivity index (χ4v) is 4.68. The fraction of sp³-hybridized carbons (Fsp3) is 0.0667. The molecule has 1 heterocycles. The van der Waals surface area contributed by atoms with Gasteiger partial charge in [-0.05, 0) is 60.0 Å². The summed E-state index contributed by atoms with van der Waals surface area (Å²) in [6.07, 6.45) is 1.63. The number of benzene rings is 4. The molecule has 0 saturated carbocycles. The van der Waals surface area contributed by atoms with Crippen LogP contribution in [0.25, 0.3) is 28.2 Å². The van der Waals surface area contributed by atoms with Crippen molar-refractivity contribution >= 4 is 35.5 Å². The van der Waals surface area contributed by atoms with E-state index in [1.54, 1.807) is 6.21 Å². The quantitative estimate of drug-likeness (QED) is 0.134. The van der Waals surface area contributed by atoms with Gasteiger partial charge in [0, 0.05) is 16.3 Å². The Morgan fingerprint density at radius 2 is 1.53 bits per heavy atom. The summed E-state index contributed by atoms with van der Waals surface area (Å²) in [6.45, 7) is 2.04. The van der Waals surface area contributed by atoms with Gasteiger partial charge in [-0.25, -0.2) is 5.43 Å². The molecule has 38 heavy (non-hydrogen) atoms. The molecule has 0 radical (unpaired) electrons. The molecule has 5 aromatic rings. The van der Waals surface area contributed by atoms with Crippen LogP contribution >= 0.6 is 23.4 Å². The van der Waals surface area contributed by atoms with Crippen LogP contribution in [0.5, 0.6) is 0 Å². The molecule has 188 valence electrons. The van der Waals surface area contributed by atoms with E-state index in [1.165, 1.54) is 11.8 Å². The summed E-state index contributed by atoms with van der Waals surface area (Å²) in [4.78, 5) is 12.5. The van der Waals surface area contributed by atoms with Gasteiger partial charge in [0.2, 0.25) is 0 Å². The summed E-state index contributed by atoms with van der Waals surface area (Å²) in [5.41, 5.74) is 8.70. The normalized spacial score (nSPS) is 11.1. The van der Waals surface area contributed by atoms with E-state index < -0.39 is 0 Å². The minimum Gasteiger partial charge on any atom is -0.272 e. The molecule has 5 rings (SSSR count). The third-order valence-corrected chi connectivity index (χ3v) is 6.96. The molecular weight excluding hydrogens is 514 g/mol. The second kappa shape index (κ2) is 11.9. The first-order valence-corrected chi connectivity index (χ1v) is 13.3. The molecule has 0 fully saturated rings. The maximum atomic E-state index is 12.5. The number of nitrogens with zero attached hydrogens (tertiary/aromatic N) is 4. The van der Waals surface area contributed by atoms with Gasteiger partial charge in [0.15, 0.2) is 11.0 Å². The van der Waals surface area contributed by atoms with Crippen molar-refractivity contribution in [3.63, 3.8) is 0 Å². The van der Waals surface area contributed by atoms with Crippen molar-refractivity contribution in [3.05, 3.63) is 119 Å². The largest absolute Gasteiger partial charge is 0.272 e. The monoisotopic (exact) mass is 537 g/mol. The molecule has 1 N–H and O–H groups in total. The fourth-order valence-electron chi connectivity index (χ4n) is 3.81. The second-order valence-electron chi connectivity index (χ2n) is 8.55. The van der Waals surface area contributed by atoms with E-state index in [0.29, 0.717) is 16.0 Å². The van der Waals surface area contributed by atoms with Gasteiger partial charge >= 0.3 is 0 Å². The van der Waals surface area contributed by atoms with Crippen LogP contribution in [0.1, 0.15) is 11.1 Å². The summed E-state index contributed by atoms with van der Waals surface area (Å²) in [5.74, 6) is 0.568. The Morgan fingerprint density at radius 1 is 0.868 bits per heavy atom.